The lowest BCUT2D eigenvalue weighted by molar-refractivity contribution is 0.121. The van der Waals surface area contributed by atoms with Gasteiger partial charge in [-0.3, -0.25) is 0 Å². The van der Waals surface area contributed by atoms with E-state index in [0.717, 1.165) is 5.94 Å². The highest BCUT2D eigenvalue weighted by molar-refractivity contribution is 8.76. The molecular weight excluding hydrogens is 236 g/mol. The molecule has 0 amide bonds. The van der Waals surface area contributed by atoms with Gasteiger partial charge in [-0.1, -0.05) is 53.1 Å². The molecule has 16 heavy (non-hydrogen) atoms. The van der Waals surface area contributed by atoms with Gasteiger partial charge in [0.1, 0.15) is 5.94 Å². The van der Waals surface area contributed by atoms with Crippen molar-refractivity contribution in [3.8, 4) is 0 Å². The molecule has 1 rings (SSSR count). The van der Waals surface area contributed by atoms with Gasteiger partial charge in [0.05, 0.1) is 6.10 Å². The van der Waals surface area contributed by atoms with Crippen LogP contribution in [0, 0.1) is 6.92 Å². The maximum absolute atomic E-state index is 5.43. The van der Waals surface area contributed by atoms with Crippen molar-refractivity contribution in [1.29, 1.82) is 0 Å². The van der Waals surface area contributed by atoms with Gasteiger partial charge in [0, 0.05) is 4.90 Å². The molecule has 92 valence electrons. The molecule has 0 spiro atoms. The Morgan fingerprint density at radius 3 is 2.19 bits per heavy atom. The van der Waals surface area contributed by atoms with E-state index in [1.807, 2.05) is 13.8 Å². The molecule has 0 heterocycles. The van der Waals surface area contributed by atoms with Gasteiger partial charge < -0.3 is 4.74 Å². The predicted octanol–water partition coefficient (Wildman–Crippen LogP) is 5.14. The Kier molecular flexibility index (Phi) is 9.99. The zero-order chi connectivity index (χ0) is 12.4. The molecule has 0 saturated heterocycles. The van der Waals surface area contributed by atoms with Gasteiger partial charge in [-0.05, 0) is 32.9 Å². The second kappa shape index (κ2) is 10.1. The maximum atomic E-state index is 5.43. The number of hydrogen-bond acceptors (Lipinski definition) is 3. The van der Waals surface area contributed by atoms with Crippen LogP contribution in [-0.2, 0) is 4.74 Å². The molecule has 0 aromatic heterocycles. The van der Waals surface area contributed by atoms with Crippen molar-refractivity contribution in [1.82, 2.24) is 0 Å². The van der Waals surface area contributed by atoms with E-state index in [1.165, 1.54) is 10.5 Å². The molecule has 0 unspecified atom stereocenters. The van der Waals surface area contributed by atoms with Gasteiger partial charge in [0.15, 0.2) is 0 Å². The zero-order valence-corrected chi connectivity index (χ0v) is 12.5. The minimum atomic E-state index is 0.320. The van der Waals surface area contributed by atoms with Gasteiger partial charge in [-0.25, -0.2) is 0 Å². The van der Waals surface area contributed by atoms with Crippen LogP contribution >= 0.6 is 21.6 Å². The molecule has 0 fully saturated rings. The smallest absolute Gasteiger partial charge is 0.103 e. The molecule has 0 atom stereocenters. The fraction of sp³-hybridized carbons (Fsp3) is 0.538. The highest BCUT2D eigenvalue weighted by Crippen LogP contribution is 2.31. The fourth-order valence-corrected chi connectivity index (χ4v) is 2.66. The fourth-order valence-electron chi connectivity index (χ4n) is 0.850. The van der Waals surface area contributed by atoms with E-state index in [9.17, 15) is 0 Å². The minimum Gasteiger partial charge on any atom is -0.367 e. The average Bonchev–Trinajstić information content (AvgIpc) is 2.29. The molecule has 1 nitrogen and oxygen atoms in total. The first-order valence-corrected chi connectivity index (χ1v) is 7.98. The van der Waals surface area contributed by atoms with E-state index in [4.69, 9.17) is 4.74 Å². The molecule has 0 aliphatic heterocycles. The van der Waals surface area contributed by atoms with Crippen molar-refractivity contribution < 1.29 is 4.74 Å². The molecule has 0 saturated carbocycles. The Morgan fingerprint density at radius 1 is 1.12 bits per heavy atom. The predicted molar refractivity (Wildman–Crippen MR) is 77.1 cm³/mol. The quantitative estimate of drug-likeness (QED) is 0.411. The molecule has 0 aliphatic rings. The van der Waals surface area contributed by atoms with Crippen LogP contribution in [0.3, 0.4) is 0 Å². The molecule has 0 radical (unpaired) electrons. The van der Waals surface area contributed by atoms with E-state index in [0.29, 0.717) is 6.10 Å². The van der Waals surface area contributed by atoms with Crippen molar-refractivity contribution in [3.63, 3.8) is 0 Å². The van der Waals surface area contributed by atoms with Crippen molar-refractivity contribution >= 4 is 21.6 Å². The third kappa shape index (κ3) is 8.08. The topological polar surface area (TPSA) is 9.23 Å². The van der Waals surface area contributed by atoms with E-state index in [1.54, 1.807) is 21.6 Å². The van der Waals surface area contributed by atoms with Gasteiger partial charge in [0.2, 0.25) is 0 Å². The van der Waals surface area contributed by atoms with Gasteiger partial charge in [-0.15, -0.1) is 0 Å². The molecule has 3 heteroatoms. The van der Waals surface area contributed by atoms with Crippen LogP contribution < -0.4 is 0 Å². The minimum absolute atomic E-state index is 0.320. The molecule has 0 aliphatic carbocycles. The summed E-state index contributed by atoms with van der Waals surface area (Å²) in [7, 11) is 3.50. The monoisotopic (exact) mass is 258 g/mol. The van der Waals surface area contributed by atoms with E-state index in [2.05, 4.69) is 45.0 Å². The van der Waals surface area contributed by atoms with Gasteiger partial charge >= 0.3 is 0 Å². The second-order valence-corrected chi connectivity index (χ2v) is 5.66. The highest BCUT2D eigenvalue weighted by Gasteiger charge is 1.96. The molecule has 1 aromatic rings. The van der Waals surface area contributed by atoms with Crippen LogP contribution in [0.1, 0.15) is 33.3 Å². The second-order valence-electron chi connectivity index (χ2n) is 3.35. The Morgan fingerprint density at radius 2 is 1.69 bits per heavy atom. The maximum Gasteiger partial charge on any atom is 0.103 e. The summed E-state index contributed by atoms with van der Waals surface area (Å²) in [5.74, 6) is 0.746. The third-order valence-electron chi connectivity index (χ3n) is 1.63. The molecule has 0 bridgehead atoms. The summed E-state index contributed by atoms with van der Waals surface area (Å²) in [4.78, 5) is 1.29. The molecule has 1 aromatic carbocycles. The number of hydrogen-bond donors (Lipinski definition) is 0. The lowest BCUT2D eigenvalue weighted by Crippen LogP contribution is -1.99. The zero-order valence-electron chi connectivity index (χ0n) is 10.8. The summed E-state index contributed by atoms with van der Waals surface area (Å²) < 4.78 is 5.43. The van der Waals surface area contributed by atoms with Crippen LogP contribution in [0.5, 0.6) is 0 Å². The number of aryl methyl sites for hydroxylation is 1. The first-order valence-electron chi connectivity index (χ1n) is 5.66. The lowest BCUT2D eigenvalue weighted by Gasteiger charge is -2.06. The summed E-state index contributed by atoms with van der Waals surface area (Å²) in [5.41, 5.74) is 1.30. The number of ether oxygens (including phenoxy) is 1. The Labute approximate surface area is 108 Å². The van der Waals surface area contributed by atoms with Crippen LogP contribution in [0.4, 0.5) is 0 Å². The van der Waals surface area contributed by atoms with E-state index in [-0.39, 0.29) is 0 Å². The Hall–Kier alpha value is -0.120. The van der Waals surface area contributed by atoms with Crippen molar-refractivity contribution in [3.05, 3.63) is 29.8 Å². The summed E-state index contributed by atoms with van der Waals surface area (Å²) >= 11 is 0. The largest absolute Gasteiger partial charge is 0.367 e. The Bertz CT molecular complexity index is 257. The number of benzene rings is 1. The lowest BCUT2D eigenvalue weighted by atomic mass is 10.2. The summed E-state index contributed by atoms with van der Waals surface area (Å²) in [6, 6.07) is 8.54. The first-order chi connectivity index (χ1) is 7.68. The SMILES string of the molecule is CC.Cc1ccc(SSCOC(C)C)cc1. The van der Waals surface area contributed by atoms with Crippen molar-refractivity contribution in [2.75, 3.05) is 5.94 Å². The van der Waals surface area contributed by atoms with Crippen LogP contribution in [-0.4, -0.2) is 12.0 Å². The third-order valence-corrected chi connectivity index (χ3v) is 3.66. The molecule has 0 N–H and O–H groups in total. The first kappa shape index (κ1) is 15.9. The summed E-state index contributed by atoms with van der Waals surface area (Å²) in [6.07, 6.45) is 0.320. The van der Waals surface area contributed by atoms with Crippen molar-refractivity contribution in [2.24, 2.45) is 0 Å². The molecular formula is C13H22OS2. The highest BCUT2D eigenvalue weighted by atomic mass is 33.1. The Balaban J connectivity index is 0.00000106. The summed E-state index contributed by atoms with van der Waals surface area (Å²) in [5, 5.41) is 0. The normalized spacial score (nSPS) is 9.88. The summed E-state index contributed by atoms with van der Waals surface area (Å²) in [6.45, 7) is 10.2. The number of rotatable bonds is 5. The standard InChI is InChI=1S/C11H16OS2.C2H6/c1-9(2)12-8-13-14-11-6-4-10(3)5-7-11;1-2/h4-7,9H,8H2,1-3H3;1-2H3. The average molecular weight is 258 g/mol. The van der Waals surface area contributed by atoms with Crippen LogP contribution in [0.2, 0.25) is 0 Å². The van der Waals surface area contributed by atoms with E-state index < -0.39 is 0 Å². The van der Waals surface area contributed by atoms with Gasteiger partial charge in [-0.2, -0.15) is 0 Å². The van der Waals surface area contributed by atoms with Gasteiger partial charge in [0.25, 0.3) is 0 Å². The van der Waals surface area contributed by atoms with Crippen LogP contribution in [0.15, 0.2) is 29.2 Å². The van der Waals surface area contributed by atoms with E-state index >= 15 is 0 Å². The van der Waals surface area contributed by atoms with Crippen LogP contribution in [0.25, 0.3) is 0 Å². The van der Waals surface area contributed by atoms with Crippen molar-refractivity contribution in [2.45, 2.75) is 45.6 Å².